The number of nitriles is 1. The molecule has 68 heavy (non-hydrogen) atoms. The van der Waals surface area contributed by atoms with Gasteiger partial charge in [0.05, 0.1) is 25.8 Å². The standard InChI is InChI=1S/C43H49N6O10P3S.2CH4.2Na.H3P/c1-47(60(63)59-41-16-8-33(9-17-41)19-23-48(29-61(51,52)53)30-62(54,55)56)46-28-34-10-14-40(15-11-34)58-31-57-39-12-6-32(7-13-39)18-20-45-43(50)38(27-44)26-35-24-36-4-2-21-49-22-3-5-37(25-35)42(36)49;;;;;/h6-17,24-26,28H,2-5,18-23,29-31H2,1H3,(H4-,45,50,51,52,53,54,55,56);2*1H4;;;1H3/q;;;2*+1;/p-1/b38-26-,46-28+;;;;;. The van der Waals surface area contributed by atoms with Crippen molar-refractivity contribution in [2.75, 3.05) is 57.5 Å². The van der Waals surface area contributed by atoms with Crippen LogP contribution in [-0.2, 0) is 51.4 Å². The summed E-state index contributed by atoms with van der Waals surface area (Å²) >= 11 is 5.50. The van der Waals surface area contributed by atoms with Gasteiger partial charge in [0.15, 0.2) is 5.75 Å². The maximum atomic E-state index is 12.9. The average molecular weight is 1050 g/mol. The van der Waals surface area contributed by atoms with E-state index in [1.165, 1.54) is 21.6 Å². The quantitative estimate of drug-likeness (QED) is 0.0195. The van der Waals surface area contributed by atoms with Crippen LogP contribution in [0.15, 0.2) is 95.6 Å². The SMILES string of the molecule is C.C.CN(/N=C/c1ccc(OCOc2ccc(CCNC(=O)/C(C#N)=C\c3cc4c5c(c3)CCCN5CCC4)cc2)cc1)[P+](=S)Oc1ccc(CCN(CP(=O)([O-])O)CP(=O)([O-])O)cc1.P.[Na+].[Na+]. The molecular weight excluding hydrogens is 986 g/mol. The van der Waals surface area contributed by atoms with Crippen LogP contribution in [0, 0.1) is 11.3 Å². The van der Waals surface area contributed by atoms with Crippen molar-refractivity contribution >= 4 is 67.9 Å². The number of hydrogen-bond acceptors (Lipinski definition) is 13. The minimum atomic E-state index is -4.79. The Morgan fingerprint density at radius 1 is 0.868 bits per heavy atom. The molecule has 0 aromatic heterocycles. The number of nitrogens with one attached hydrogen (secondary N) is 1. The first-order chi connectivity index (χ1) is 30.1. The maximum Gasteiger partial charge on any atom is 1.00 e. The van der Waals surface area contributed by atoms with Crippen LogP contribution in [0.2, 0.25) is 0 Å². The molecule has 23 heteroatoms. The summed E-state index contributed by atoms with van der Waals surface area (Å²) in [7, 11) is -9.46. The predicted octanol–water partition coefficient (Wildman–Crippen LogP) is 0.374. The Balaban J connectivity index is 0.00000462. The number of anilines is 1. The summed E-state index contributed by atoms with van der Waals surface area (Å²) in [5, 5.41) is 17.1. The third-order valence-electron chi connectivity index (χ3n) is 10.2. The van der Waals surface area contributed by atoms with Crippen molar-refractivity contribution in [1.82, 2.24) is 15.0 Å². The van der Waals surface area contributed by atoms with E-state index in [0.29, 0.717) is 30.2 Å². The van der Waals surface area contributed by atoms with Gasteiger partial charge >= 0.3 is 66.2 Å². The van der Waals surface area contributed by atoms with E-state index in [2.05, 4.69) is 33.5 Å². The van der Waals surface area contributed by atoms with Crippen molar-refractivity contribution in [1.29, 1.82) is 5.26 Å². The molecule has 2 aliphatic rings. The first-order valence-corrected chi connectivity index (χ1v) is 25.9. The van der Waals surface area contributed by atoms with Gasteiger partial charge in [-0.05, 0) is 139 Å². The number of carbonyl (C=O) groups is 1. The molecule has 2 aliphatic heterocycles. The Kier molecular flexibility index (Phi) is 28.3. The second-order valence-corrected chi connectivity index (χ2v) is 20.4. The second-order valence-electron chi connectivity index (χ2n) is 15.1. The van der Waals surface area contributed by atoms with E-state index < -0.39 is 34.8 Å². The van der Waals surface area contributed by atoms with Gasteiger partial charge in [-0.15, -0.1) is 5.10 Å². The molecule has 0 aliphatic carbocycles. The fourth-order valence-electron chi connectivity index (χ4n) is 7.25. The Labute approximate surface area is 454 Å². The summed E-state index contributed by atoms with van der Waals surface area (Å²) in [6.07, 6.45) is 6.61. The van der Waals surface area contributed by atoms with Crippen LogP contribution >= 0.6 is 32.2 Å². The minimum Gasteiger partial charge on any atom is -0.778 e. The van der Waals surface area contributed by atoms with Gasteiger partial charge in [0.2, 0.25) is 18.6 Å². The van der Waals surface area contributed by atoms with E-state index in [0.717, 1.165) is 65.9 Å². The van der Waals surface area contributed by atoms with E-state index in [-0.39, 0.29) is 115 Å². The van der Waals surface area contributed by atoms with Gasteiger partial charge in [0, 0.05) is 31.9 Å². The predicted molar refractivity (Wildman–Crippen MR) is 266 cm³/mol. The Morgan fingerprint density at radius 3 is 1.88 bits per heavy atom. The van der Waals surface area contributed by atoms with Crippen LogP contribution in [0.25, 0.3) is 6.08 Å². The second kappa shape index (κ2) is 30.4. The van der Waals surface area contributed by atoms with Gasteiger partial charge in [-0.25, -0.2) is 0 Å². The van der Waals surface area contributed by atoms with E-state index in [1.807, 2.05) is 36.4 Å². The molecule has 3 N–H and O–H groups in total. The number of amides is 1. The zero-order valence-electron chi connectivity index (χ0n) is 37.3. The normalized spacial score (nSPS) is 14.6. The van der Waals surface area contributed by atoms with Crippen molar-refractivity contribution in [2.24, 2.45) is 5.10 Å². The van der Waals surface area contributed by atoms with Crippen LogP contribution in [0.5, 0.6) is 17.2 Å². The summed E-state index contributed by atoms with van der Waals surface area (Å²) in [5.74, 6) is 1.30. The third-order valence-corrected chi connectivity index (χ3v) is 13.6. The molecular formula is C45H59N6Na2O10P4S+. The summed E-state index contributed by atoms with van der Waals surface area (Å²) < 4.78 is 41.4. The number of rotatable bonds is 21. The van der Waals surface area contributed by atoms with Crippen LogP contribution in [0.4, 0.5) is 5.69 Å². The molecule has 6 rings (SSSR count). The van der Waals surface area contributed by atoms with Gasteiger partial charge in [-0.2, -0.15) is 15.2 Å². The topological polar surface area (TPSA) is 223 Å². The fraction of sp³-hybridized carbons (Fsp3) is 0.356. The van der Waals surface area contributed by atoms with Crippen molar-refractivity contribution in [3.8, 4) is 23.3 Å². The number of aryl methyl sites for hydroxylation is 2. The smallest absolute Gasteiger partial charge is 0.778 e. The summed E-state index contributed by atoms with van der Waals surface area (Å²) in [6, 6.07) is 27.8. The molecule has 0 saturated carbocycles. The number of ether oxygens (including phenoxy) is 2. The van der Waals surface area contributed by atoms with Crippen LogP contribution in [0.1, 0.15) is 61.1 Å². The van der Waals surface area contributed by atoms with Crippen molar-refractivity contribution in [2.45, 2.75) is 53.4 Å². The molecule has 0 radical (unpaired) electrons. The van der Waals surface area contributed by atoms with Crippen LogP contribution in [-0.4, -0.2) is 84.2 Å². The molecule has 0 bridgehead atoms. The van der Waals surface area contributed by atoms with E-state index in [1.54, 1.807) is 55.7 Å². The molecule has 0 saturated heterocycles. The molecule has 0 spiro atoms. The first kappa shape index (κ1) is 63.5. The van der Waals surface area contributed by atoms with E-state index >= 15 is 0 Å². The van der Waals surface area contributed by atoms with Gasteiger partial charge in [-0.1, -0.05) is 43.9 Å². The fourth-order valence-corrected chi connectivity index (χ4v) is 9.84. The Morgan fingerprint density at radius 2 is 1.37 bits per heavy atom. The van der Waals surface area contributed by atoms with Crippen molar-refractivity contribution in [3.05, 3.63) is 124 Å². The molecule has 2 heterocycles. The van der Waals surface area contributed by atoms with Crippen LogP contribution in [0.3, 0.4) is 0 Å². The van der Waals surface area contributed by atoms with Crippen molar-refractivity contribution in [3.63, 3.8) is 0 Å². The summed E-state index contributed by atoms with van der Waals surface area (Å²) in [6.45, 7) is 2.50. The van der Waals surface area contributed by atoms with Gasteiger partial charge < -0.3 is 48.4 Å². The van der Waals surface area contributed by atoms with Gasteiger partial charge in [-0.3, -0.25) is 14.2 Å². The van der Waals surface area contributed by atoms with Crippen molar-refractivity contribution < 1.29 is 107 Å². The minimum absolute atomic E-state index is 0. The largest absolute Gasteiger partial charge is 1.00 e. The molecule has 16 nitrogen and oxygen atoms in total. The zero-order valence-corrected chi connectivity index (χ0v) is 46.2. The molecule has 4 atom stereocenters. The average Bonchev–Trinajstić information content (AvgIpc) is 3.24. The van der Waals surface area contributed by atoms with Gasteiger partial charge in [0.25, 0.3) is 5.91 Å². The molecule has 0 fully saturated rings. The molecule has 4 aromatic carbocycles. The van der Waals surface area contributed by atoms with Gasteiger partial charge in [0.1, 0.15) is 38.3 Å². The molecule has 1 amide bonds. The third kappa shape index (κ3) is 20.7. The maximum absolute atomic E-state index is 12.9. The Hall–Kier alpha value is -2.54. The molecule has 356 valence electrons. The monoisotopic (exact) mass is 1050 g/mol. The number of carbonyl (C=O) groups excluding carboxylic acids is 1. The van der Waals surface area contributed by atoms with E-state index in [4.69, 9.17) is 35.6 Å². The van der Waals surface area contributed by atoms with E-state index in [9.17, 15) is 29.0 Å². The Bertz CT molecular complexity index is 2400. The summed E-state index contributed by atoms with van der Waals surface area (Å²) in [4.78, 5) is 57.1. The molecule has 4 unspecified atom stereocenters. The molecule has 4 aromatic rings. The first-order valence-electron chi connectivity index (χ1n) is 20.2. The summed E-state index contributed by atoms with van der Waals surface area (Å²) in [5.41, 5.74) is 7.48. The number of hydrazone groups is 1. The number of benzene rings is 4. The number of nitrogens with zero attached hydrogens (tertiary/aromatic N) is 5. The zero-order chi connectivity index (χ0) is 45.0. The van der Waals surface area contributed by atoms with Crippen LogP contribution < -0.4 is 93.1 Å². The number of hydrogen-bond donors (Lipinski definition) is 3.